The minimum absolute atomic E-state index is 0.162. The molecule has 3 aromatic rings. The van der Waals surface area contributed by atoms with E-state index in [9.17, 15) is 9.59 Å². The molecule has 10 nitrogen and oxygen atoms in total. The number of aromatic amines is 1. The highest BCUT2D eigenvalue weighted by atomic mass is 35.5. The zero-order valence-electron chi connectivity index (χ0n) is 18.0. The Kier molecular flexibility index (Phi) is 5.88. The molecule has 2 atom stereocenters. The van der Waals surface area contributed by atoms with Crippen LogP contribution in [0.15, 0.2) is 29.3 Å². The lowest BCUT2D eigenvalue weighted by atomic mass is 10.1. The molecule has 2 aromatic heterocycles. The quantitative estimate of drug-likeness (QED) is 0.575. The van der Waals surface area contributed by atoms with Crippen LogP contribution in [0.5, 0.6) is 5.75 Å². The van der Waals surface area contributed by atoms with Gasteiger partial charge in [0.05, 0.1) is 29.7 Å². The van der Waals surface area contributed by atoms with Gasteiger partial charge < -0.3 is 19.8 Å². The zero-order valence-corrected chi connectivity index (χ0v) is 18.8. The van der Waals surface area contributed by atoms with Gasteiger partial charge >= 0.3 is 6.09 Å². The Morgan fingerprint density at radius 2 is 2.03 bits per heavy atom. The van der Waals surface area contributed by atoms with Crippen LogP contribution in [0.1, 0.15) is 32.4 Å². The maximum atomic E-state index is 12.7. The van der Waals surface area contributed by atoms with Crippen LogP contribution in [0.4, 0.5) is 16.7 Å². The smallest absolute Gasteiger partial charge is 0.417 e. The molecule has 0 bridgehead atoms. The molecule has 3 heterocycles. The molecule has 1 saturated heterocycles. The van der Waals surface area contributed by atoms with Gasteiger partial charge in [-0.05, 0) is 25.0 Å². The molecule has 1 amide bonds. The Morgan fingerprint density at radius 3 is 2.75 bits per heavy atom. The van der Waals surface area contributed by atoms with E-state index in [4.69, 9.17) is 21.1 Å². The van der Waals surface area contributed by atoms with Gasteiger partial charge in [0.25, 0.3) is 5.56 Å². The summed E-state index contributed by atoms with van der Waals surface area (Å²) in [4.78, 5) is 41.8. The summed E-state index contributed by atoms with van der Waals surface area (Å²) in [5.74, 6) is 1.07. The average Bonchev–Trinajstić information content (AvgIpc) is 3.15. The minimum Gasteiger partial charge on any atom is -0.495 e. The molecular weight excluding hydrogens is 436 g/mol. The fraction of sp³-hybridized carbons (Fsp3) is 0.381. The van der Waals surface area contributed by atoms with E-state index in [1.807, 2.05) is 20.8 Å². The van der Waals surface area contributed by atoms with Crippen molar-refractivity contribution in [3.63, 3.8) is 0 Å². The number of cyclic esters (lactones) is 1. The Bertz CT molecular complexity index is 1230. The van der Waals surface area contributed by atoms with Crippen molar-refractivity contribution < 1.29 is 14.3 Å². The average molecular weight is 459 g/mol. The number of rotatable bonds is 6. The first-order valence-corrected chi connectivity index (χ1v) is 10.5. The van der Waals surface area contributed by atoms with Crippen molar-refractivity contribution in [3.05, 3.63) is 45.5 Å². The summed E-state index contributed by atoms with van der Waals surface area (Å²) < 4.78 is 10.4. The highest BCUT2D eigenvalue weighted by molar-refractivity contribution is 6.32. The molecule has 168 valence electrons. The van der Waals surface area contributed by atoms with Gasteiger partial charge in [0.2, 0.25) is 11.9 Å². The molecule has 0 aliphatic carbocycles. The predicted molar refractivity (Wildman–Crippen MR) is 120 cm³/mol. The number of hydrogen-bond donors (Lipinski definition) is 2. The molecule has 0 spiro atoms. The summed E-state index contributed by atoms with van der Waals surface area (Å²) in [6.45, 7) is 6.08. The van der Waals surface area contributed by atoms with Crippen LogP contribution >= 0.6 is 11.6 Å². The second-order valence-electron chi connectivity index (χ2n) is 7.86. The molecule has 0 radical (unpaired) electrons. The van der Waals surface area contributed by atoms with Gasteiger partial charge in [-0.25, -0.2) is 19.7 Å². The maximum Gasteiger partial charge on any atom is 0.417 e. The number of benzene rings is 1. The summed E-state index contributed by atoms with van der Waals surface area (Å²) in [5.41, 5.74) is 0.822. The number of H-pyrrole nitrogens is 1. The normalized spacial score (nSPS) is 17.0. The van der Waals surface area contributed by atoms with Crippen molar-refractivity contribution in [2.45, 2.75) is 32.9 Å². The molecule has 1 aliphatic heterocycles. The van der Waals surface area contributed by atoms with E-state index in [0.717, 1.165) is 5.39 Å². The lowest BCUT2D eigenvalue weighted by Gasteiger charge is -2.22. The standard InChI is InChI=1S/C21H23ClN6O4/c1-10(2)16-8-32-21(30)28(16)20-24-9-23-19(27-20)25-11(3)13-5-12-6-14(22)17(31-4)7-15(12)26-18(13)29/h5-7,9-11,16H,8H2,1-4H3,(H,26,29)(H,23,24,25,27)/t11-,16+/m0/s1. The molecular formula is C21H23ClN6O4. The van der Waals surface area contributed by atoms with Gasteiger partial charge in [-0.3, -0.25) is 4.79 Å². The molecule has 11 heteroatoms. The number of hydrogen-bond acceptors (Lipinski definition) is 8. The summed E-state index contributed by atoms with van der Waals surface area (Å²) in [6, 6.07) is 4.56. The molecule has 1 aromatic carbocycles. The predicted octanol–water partition coefficient (Wildman–Crippen LogP) is 3.53. The number of carbonyl (C=O) groups is 1. The van der Waals surface area contributed by atoms with Crippen molar-refractivity contribution in [3.8, 4) is 5.75 Å². The van der Waals surface area contributed by atoms with Crippen LogP contribution in [0.2, 0.25) is 5.02 Å². The first-order valence-electron chi connectivity index (χ1n) is 10.1. The molecule has 0 unspecified atom stereocenters. The van der Waals surface area contributed by atoms with Gasteiger partial charge in [-0.2, -0.15) is 4.98 Å². The highest BCUT2D eigenvalue weighted by Gasteiger charge is 2.38. The van der Waals surface area contributed by atoms with E-state index in [1.165, 1.54) is 18.3 Å². The van der Waals surface area contributed by atoms with Crippen LogP contribution in [0, 0.1) is 5.92 Å². The number of aromatic nitrogens is 4. The summed E-state index contributed by atoms with van der Waals surface area (Å²) in [6.07, 6.45) is 0.823. The number of pyridine rings is 1. The van der Waals surface area contributed by atoms with Gasteiger partial charge in [0.15, 0.2) is 0 Å². The third-order valence-corrected chi connectivity index (χ3v) is 5.70. The summed E-state index contributed by atoms with van der Waals surface area (Å²) in [5, 5.41) is 4.31. The second kappa shape index (κ2) is 8.62. The number of nitrogens with one attached hydrogen (secondary N) is 2. The van der Waals surface area contributed by atoms with E-state index in [1.54, 1.807) is 18.2 Å². The number of methoxy groups -OCH3 is 1. The first-order chi connectivity index (χ1) is 15.3. The number of fused-ring (bicyclic) bond motifs is 1. The van der Waals surface area contributed by atoms with E-state index in [0.29, 0.717) is 21.9 Å². The fourth-order valence-corrected chi connectivity index (χ4v) is 3.85. The molecule has 32 heavy (non-hydrogen) atoms. The molecule has 1 aliphatic rings. The Labute approximate surface area is 188 Å². The highest BCUT2D eigenvalue weighted by Crippen LogP contribution is 2.30. The Balaban J connectivity index is 1.62. The topological polar surface area (TPSA) is 122 Å². The number of amides is 1. The number of nitrogens with zero attached hydrogens (tertiary/aromatic N) is 4. The van der Waals surface area contributed by atoms with Crippen LogP contribution in [0.25, 0.3) is 10.9 Å². The lowest BCUT2D eigenvalue weighted by molar-refractivity contribution is 0.177. The van der Waals surface area contributed by atoms with Crippen molar-refractivity contribution in [1.29, 1.82) is 0 Å². The van der Waals surface area contributed by atoms with E-state index >= 15 is 0 Å². The van der Waals surface area contributed by atoms with E-state index in [-0.39, 0.29) is 36.0 Å². The molecule has 1 fully saturated rings. The van der Waals surface area contributed by atoms with Crippen LogP contribution in [-0.4, -0.2) is 45.8 Å². The Morgan fingerprint density at radius 1 is 1.25 bits per heavy atom. The summed E-state index contributed by atoms with van der Waals surface area (Å²) >= 11 is 6.23. The fourth-order valence-electron chi connectivity index (χ4n) is 3.60. The van der Waals surface area contributed by atoms with E-state index < -0.39 is 12.1 Å². The summed E-state index contributed by atoms with van der Waals surface area (Å²) in [7, 11) is 1.51. The monoisotopic (exact) mass is 458 g/mol. The van der Waals surface area contributed by atoms with Crippen molar-refractivity contribution in [2.75, 3.05) is 23.9 Å². The van der Waals surface area contributed by atoms with Gasteiger partial charge in [-0.1, -0.05) is 25.4 Å². The van der Waals surface area contributed by atoms with E-state index in [2.05, 4.69) is 25.3 Å². The number of ether oxygens (including phenoxy) is 2. The molecule has 0 saturated carbocycles. The third-order valence-electron chi connectivity index (χ3n) is 5.41. The molecule has 4 rings (SSSR count). The van der Waals surface area contributed by atoms with Crippen molar-refractivity contribution in [1.82, 2.24) is 19.9 Å². The first kappa shape index (κ1) is 21.8. The number of carbonyl (C=O) groups excluding carboxylic acids is 1. The maximum absolute atomic E-state index is 12.7. The Hall–Kier alpha value is -3.40. The zero-order chi connectivity index (χ0) is 23.0. The lowest BCUT2D eigenvalue weighted by Crippen LogP contribution is -2.38. The van der Waals surface area contributed by atoms with Gasteiger partial charge in [-0.15, -0.1) is 0 Å². The number of anilines is 2. The van der Waals surface area contributed by atoms with Gasteiger partial charge in [0, 0.05) is 17.0 Å². The van der Waals surface area contributed by atoms with Crippen LogP contribution < -0.4 is 20.5 Å². The van der Waals surface area contributed by atoms with Crippen molar-refractivity contribution in [2.24, 2.45) is 5.92 Å². The third kappa shape index (κ3) is 4.05. The molecule has 2 N–H and O–H groups in total. The number of halogens is 1. The van der Waals surface area contributed by atoms with Crippen molar-refractivity contribution >= 4 is 40.5 Å². The van der Waals surface area contributed by atoms with Gasteiger partial charge in [0.1, 0.15) is 18.7 Å². The van der Waals surface area contributed by atoms with Crippen LogP contribution in [-0.2, 0) is 4.74 Å². The minimum atomic E-state index is -0.493. The second-order valence-corrected chi connectivity index (χ2v) is 8.27. The largest absolute Gasteiger partial charge is 0.495 e. The van der Waals surface area contributed by atoms with Crippen LogP contribution in [0.3, 0.4) is 0 Å². The SMILES string of the molecule is COc1cc2[nH]c(=O)c([C@H](C)Nc3ncnc(N4C(=O)OC[C@@H]4C(C)C)n3)cc2cc1Cl.